The Morgan fingerprint density at radius 1 is 0.372 bits per heavy atom. The fraction of sp³-hybridized carbons (Fsp3) is 0.122. The van der Waals surface area contributed by atoms with E-state index in [2.05, 4.69) is 183 Å². The van der Waals surface area contributed by atoms with Crippen LogP contribution in [0.4, 0.5) is 34.1 Å². The molecule has 7 rings (SSSR count). The van der Waals surface area contributed by atoms with E-state index in [9.17, 15) is 0 Å². The van der Waals surface area contributed by atoms with Crippen molar-refractivity contribution in [1.29, 1.82) is 0 Å². The largest absolute Gasteiger partial charge is 0.310 e. The molecule has 0 aromatic heterocycles. The SMILES string of the molecule is Cc1cccc(N(c2ccccc2)c2ccc3c(c2)C(C)(C)c2cc(N(c4ccccc4)c4cccc(C)c4)ccc2-3)c1. The van der Waals surface area contributed by atoms with Gasteiger partial charge in [-0.25, -0.2) is 0 Å². The number of anilines is 6. The van der Waals surface area contributed by atoms with Crippen LogP contribution in [0.3, 0.4) is 0 Å². The first-order chi connectivity index (χ1) is 20.9. The zero-order valence-electron chi connectivity index (χ0n) is 25.3. The van der Waals surface area contributed by atoms with Crippen LogP contribution >= 0.6 is 0 Å². The van der Waals surface area contributed by atoms with E-state index in [4.69, 9.17) is 0 Å². The predicted molar refractivity (Wildman–Crippen MR) is 183 cm³/mol. The van der Waals surface area contributed by atoms with Crippen LogP contribution in [0.2, 0.25) is 0 Å². The molecule has 0 saturated heterocycles. The van der Waals surface area contributed by atoms with Crippen LogP contribution in [-0.4, -0.2) is 0 Å². The lowest BCUT2D eigenvalue weighted by Crippen LogP contribution is -2.17. The molecule has 210 valence electrons. The van der Waals surface area contributed by atoms with Gasteiger partial charge >= 0.3 is 0 Å². The van der Waals surface area contributed by atoms with Crippen LogP contribution < -0.4 is 9.80 Å². The van der Waals surface area contributed by atoms with Crippen molar-refractivity contribution in [2.24, 2.45) is 0 Å². The zero-order valence-corrected chi connectivity index (χ0v) is 25.3. The first kappa shape index (κ1) is 26.8. The third-order valence-electron chi connectivity index (χ3n) is 8.71. The lowest BCUT2D eigenvalue weighted by atomic mass is 9.82. The molecule has 0 spiro atoms. The molecule has 0 saturated carbocycles. The Balaban J connectivity index is 1.34. The van der Waals surface area contributed by atoms with Crippen molar-refractivity contribution in [3.8, 4) is 11.1 Å². The minimum atomic E-state index is -0.166. The summed E-state index contributed by atoms with van der Waals surface area (Å²) in [5, 5.41) is 0. The summed E-state index contributed by atoms with van der Waals surface area (Å²) in [6.45, 7) is 9.04. The van der Waals surface area contributed by atoms with Crippen molar-refractivity contribution in [3.63, 3.8) is 0 Å². The van der Waals surface area contributed by atoms with Gasteiger partial charge < -0.3 is 9.80 Å². The fourth-order valence-corrected chi connectivity index (χ4v) is 6.57. The topological polar surface area (TPSA) is 6.48 Å². The Hall–Kier alpha value is -5.08. The maximum Gasteiger partial charge on any atom is 0.0465 e. The van der Waals surface area contributed by atoms with Crippen LogP contribution in [0, 0.1) is 13.8 Å². The molecule has 1 aliphatic rings. The van der Waals surface area contributed by atoms with Gasteiger partial charge in [-0.3, -0.25) is 0 Å². The first-order valence-corrected chi connectivity index (χ1v) is 15.0. The van der Waals surface area contributed by atoms with E-state index in [-0.39, 0.29) is 5.41 Å². The summed E-state index contributed by atoms with van der Waals surface area (Å²) in [7, 11) is 0. The average molecular weight is 557 g/mol. The third kappa shape index (κ3) is 4.79. The molecular weight excluding hydrogens is 520 g/mol. The van der Waals surface area contributed by atoms with Crippen molar-refractivity contribution in [3.05, 3.63) is 168 Å². The van der Waals surface area contributed by atoms with Crippen LogP contribution in [0.5, 0.6) is 0 Å². The van der Waals surface area contributed by atoms with E-state index in [1.807, 2.05) is 0 Å². The Kier molecular flexibility index (Phi) is 6.63. The Bertz CT molecular complexity index is 1780. The van der Waals surface area contributed by atoms with E-state index < -0.39 is 0 Å². The van der Waals surface area contributed by atoms with Gasteiger partial charge in [0.2, 0.25) is 0 Å². The molecule has 2 nitrogen and oxygen atoms in total. The van der Waals surface area contributed by atoms with Crippen molar-refractivity contribution in [1.82, 2.24) is 0 Å². The van der Waals surface area contributed by atoms with Gasteiger partial charge in [0.25, 0.3) is 0 Å². The third-order valence-corrected chi connectivity index (χ3v) is 8.71. The molecule has 1 aliphatic carbocycles. The van der Waals surface area contributed by atoms with Gasteiger partial charge in [0.1, 0.15) is 0 Å². The Labute approximate surface area is 255 Å². The second-order valence-electron chi connectivity index (χ2n) is 12.1. The number of aryl methyl sites for hydroxylation is 2. The molecule has 0 aliphatic heterocycles. The molecular formula is C41H36N2. The maximum atomic E-state index is 2.40. The molecule has 0 unspecified atom stereocenters. The van der Waals surface area contributed by atoms with E-state index in [1.165, 1.54) is 56.1 Å². The zero-order chi connectivity index (χ0) is 29.6. The highest BCUT2D eigenvalue weighted by Gasteiger charge is 2.36. The summed E-state index contributed by atoms with van der Waals surface area (Å²) < 4.78 is 0. The highest BCUT2D eigenvalue weighted by molar-refractivity contribution is 5.88. The number of benzene rings is 6. The molecule has 0 bridgehead atoms. The molecule has 43 heavy (non-hydrogen) atoms. The molecule has 6 aromatic carbocycles. The molecule has 0 amide bonds. The van der Waals surface area contributed by atoms with Gasteiger partial charge in [-0.1, -0.05) is 86.6 Å². The summed E-state index contributed by atoms with van der Waals surface area (Å²) >= 11 is 0. The highest BCUT2D eigenvalue weighted by Crippen LogP contribution is 2.52. The second-order valence-corrected chi connectivity index (χ2v) is 12.1. The minimum absolute atomic E-state index is 0.166. The van der Waals surface area contributed by atoms with Gasteiger partial charge in [0.15, 0.2) is 0 Å². The van der Waals surface area contributed by atoms with E-state index >= 15 is 0 Å². The predicted octanol–water partition coefficient (Wildman–Crippen LogP) is 11.5. The van der Waals surface area contributed by atoms with Crippen LogP contribution in [0.1, 0.15) is 36.1 Å². The van der Waals surface area contributed by atoms with Crippen molar-refractivity contribution in [2.45, 2.75) is 33.1 Å². The normalized spacial score (nSPS) is 12.8. The average Bonchev–Trinajstić information content (AvgIpc) is 3.24. The van der Waals surface area contributed by atoms with Crippen LogP contribution in [0.15, 0.2) is 146 Å². The molecule has 6 aromatic rings. The standard InChI is InChI=1S/C41H36N2/c1-29-13-11-19-33(25-29)42(31-15-7-5-8-16-31)35-21-23-37-38-24-22-36(28-40(38)41(3,4)39(37)27-35)43(32-17-9-6-10-18-32)34-20-12-14-30(2)26-34/h5-28H,1-4H3. The van der Waals surface area contributed by atoms with E-state index in [1.54, 1.807) is 0 Å². The number of hydrogen-bond donors (Lipinski definition) is 0. The van der Waals surface area contributed by atoms with Crippen LogP contribution in [0.25, 0.3) is 11.1 Å². The van der Waals surface area contributed by atoms with Crippen molar-refractivity contribution >= 4 is 34.1 Å². The van der Waals surface area contributed by atoms with Gasteiger partial charge in [-0.2, -0.15) is 0 Å². The summed E-state index contributed by atoms with van der Waals surface area (Å²) in [5.41, 5.74) is 14.6. The Morgan fingerprint density at radius 3 is 1.14 bits per heavy atom. The number of nitrogens with zero attached hydrogens (tertiary/aromatic N) is 2. The summed E-state index contributed by atoms with van der Waals surface area (Å²) in [6.07, 6.45) is 0. The number of fused-ring (bicyclic) bond motifs is 3. The molecule has 2 heteroatoms. The van der Waals surface area contributed by atoms with E-state index in [0.717, 1.165) is 11.4 Å². The van der Waals surface area contributed by atoms with Gasteiger partial charge in [0.05, 0.1) is 0 Å². The second kappa shape index (κ2) is 10.6. The van der Waals surface area contributed by atoms with Crippen LogP contribution in [-0.2, 0) is 5.41 Å². The van der Waals surface area contributed by atoms with E-state index in [0.29, 0.717) is 0 Å². The summed E-state index contributed by atoms with van der Waals surface area (Å²) in [5.74, 6) is 0. The van der Waals surface area contributed by atoms with Crippen molar-refractivity contribution in [2.75, 3.05) is 9.80 Å². The minimum Gasteiger partial charge on any atom is -0.310 e. The van der Waals surface area contributed by atoms with Crippen molar-refractivity contribution < 1.29 is 0 Å². The maximum absolute atomic E-state index is 2.40. The number of hydrogen-bond acceptors (Lipinski definition) is 2. The molecule has 0 heterocycles. The quantitative estimate of drug-likeness (QED) is 0.201. The monoisotopic (exact) mass is 556 g/mol. The smallest absolute Gasteiger partial charge is 0.0465 e. The molecule has 0 fully saturated rings. The molecule has 0 N–H and O–H groups in total. The van der Waals surface area contributed by atoms with Gasteiger partial charge in [-0.05, 0) is 120 Å². The summed E-state index contributed by atoms with van der Waals surface area (Å²) in [6, 6.07) is 52.8. The molecule has 0 atom stereocenters. The molecule has 0 radical (unpaired) electrons. The lowest BCUT2D eigenvalue weighted by Gasteiger charge is -2.29. The number of rotatable bonds is 6. The number of para-hydroxylation sites is 2. The summed E-state index contributed by atoms with van der Waals surface area (Å²) in [4.78, 5) is 4.74. The highest BCUT2D eigenvalue weighted by atomic mass is 15.1. The first-order valence-electron chi connectivity index (χ1n) is 15.0. The fourth-order valence-electron chi connectivity index (χ4n) is 6.57. The lowest BCUT2D eigenvalue weighted by molar-refractivity contribution is 0.660. The van der Waals surface area contributed by atoms with Gasteiger partial charge in [0, 0.05) is 39.5 Å². The van der Waals surface area contributed by atoms with Gasteiger partial charge in [-0.15, -0.1) is 0 Å². The Morgan fingerprint density at radius 2 is 0.744 bits per heavy atom.